The summed E-state index contributed by atoms with van der Waals surface area (Å²) in [5, 5.41) is 11.2. The highest BCUT2D eigenvalue weighted by atomic mass is 32.1. The summed E-state index contributed by atoms with van der Waals surface area (Å²) in [6.45, 7) is 0. The molecule has 1 atom stereocenters. The van der Waals surface area contributed by atoms with Crippen LogP contribution in [0.2, 0.25) is 0 Å². The summed E-state index contributed by atoms with van der Waals surface area (Å²) in [5.74, 6) is -1.73. The van der Waals surface area contributed by atoms with Gasteiger partial charge in [0.05, 0.1) is 5.69 Å². The molecule has 9 heteroatoms. The van der Waals surface area contributed by atoms with E-state index >= 15 is 0 Å². The van der Waals surface area contributed by atoms with Crippen molar-refractivity contribution in [1.82, 2.24) is 0 Å². The normalized spacial score (nSPS) is 11.7. The quantitative estimate of drug-likeness (QED) is 0.524. The Morgan fingerprint density at radius 1 is 1.17 bits per heavy atom. The van der Waals surface area contributed by atoms with Crippen molar-refractivity contribution in [1.29, 1.82) is 0 Å². The Bertz CT molecular complexity index is 785. The van der Waals surface area contributed by atoms with E-state index in [0.29, 0.717) is 4.88 Å². The summed E-state index contributed by atoms with van der Waals surface area (Å²) in [4.78, 5) is 34.1. The molecule has 8 N–H and O–H groups in total. The van der Waals surface area contributed by atoms with Crippen LogP contribution in [0.4, 0.5) is 10.5 Å². The summed E-state index contributed by atoms with van der Waals surface area (Å²) in [7, 11) is 0. The number of carbonyl (C=O) groups excluding carboxylic acids is 2. The third-order valence-corrected chi connectivity index (χ3v) is 4.42. The van der Waals surface area contributed by atoms with Gasteiger partial charge in [0.2, 0.25) is 0 Å². The van der Waals surface area contributed by atoms with Crippen LogP contribution in [0.25, 0.3) is 10.4 Å². The second kappa shape index (κ2) is 7.11. The molecule has 1 aromatic heterocycles. The van der Waals surface area contributed by atoms with Gasteiger partial charge in [0, 0.05) is 4.88 Å². The molecular formula is C15H16N4O4S. The minimum Gasteiger partial charge on any atom is -0.480 e. The number of anilines is 1. The lowest BCUT2D eigenvalue weighted by Gasteiger charge is -2.06. The van der Waals surface area contributed by atoms with Crippen LogP contribution >= 0.6 is 11.3 Å². The number of carbonyl (C=O) groups is 3. The van der Waals surface area contributed by atoms with E-state index in [9.17, 15) is 14.4 Å². The average molecular weight is 348 g/mol. The van der Waals surface area contributed by atoms with Gasteiger partial charge in [0.25, 0.3) is 5.91 Å². The van der Waals surface area contributed by atoms with Crippen LogP contribution in [-0.4, -0.2) is 29.1 Å². The highest BCUT2D eigenvalue weighted by Crippen LogP contribution is 2.34. The predicted octanol–water partition coefficient (Wildman–Crippen LogP) is 0.959. The summed E-state index contributed by atoms with van der Waals surface area (Å²) in [6, 6.07) is 6.90. The lowest BCUT2D eigenvalue weighted by molar-refractivity contribution is -0.138. The first-order valence-electron chi connectivity index (χ1n) is 6.85. The Morgan fingerprint density at radius 2 is 1.79 bits per heavy atom. The summed E-state index contributed by atoms with van der Waals surface area (Å²) >= 11 is 1.12. The molecule has 2 rings (SSSR count). The van der Waals surface area contributed by atoms with Gasteiger partial charge in [-0.3, -0.25) is 9.59 Å². The van der Waals surface area contributed by atoms with Crippen molar-refractivity contribution in [2.75, 3.05) is 5.32 Å². The van der Waals surface area contributed by atoms with Gasteiger partial charge in [-0.15, -0.1) is 11.3 Å². The maximum Gasteiger partial charge on any atom is 0.320 e. The number of primary amides is 2. The molecule has 0 saturated carbocycles. The topological polar surface area (TPSA) is 162 Å². The van der Waals surface area contributed by atoms with Crippen LogP contribution in [-0.2, 0) is 11.2 Å². The zero-order chi connectivity index (χ0) is 17.9. The maximum atomic E-state index is 11.5. The fourth-order valence-corrected chi connectivity index (χ4v) is 3.06. The molecule has 0 aliphatic heterocycles. The number of nitrogens with one attached hydrogen (secondary N) is 1. The molecule has 0 aliphatic carbocycles. The van der Waals surface area contributed by atoms with Gasteiger partial charge in [-0.25, -0.2) is 4.79 Å². The molecule has 3 amide bonds. The highest BCUT2D eigenvalue weighted by molar-refractivity contribution is 7.18. The minimum absolute atomic E-state index is 0.195. The van der Waals surface area contributed by atoms with Gasteiger partial charge in [0.15, 0.2) is 0 Å². The predicted molar refractivity (Wildman–Crippen MR) is 90.8 cm³/mol. The largest absolute Gasteiger partial charge is 0.480 e. The molecule has 126 valence electrons. The number of aliphatic carboxylic acids is 1. The lowest BCUT2D eigenvalue weighted by atomic mass is 10.0. The van der Waals surface area contributed by atoms with Crippen molar-refractivity contribution in [3.63, 3.8) is 0 Å². The Kier molecular flexibility index (Phi) is 5.17. The number of carboxylic acid groups (broad SMARTS) is 1. The SMILES string of the molecule is NC(=O)Nc1cc(-c2ccc(C[C@H](N)C(=O)O)cc2)sc1C(N)=O. The van der Waals surface area contributed by atoms with E-state index in [4.69, 9.17) is 22.3 Å². The van der Waals surface area contributed by atoms with E-state index in [1.54, 1.807) is 30.3 Å². The third kappa shape index (κ3) is 4.09. The number of thiophene rings is 1. The van der Waals surface area contributed by atoms with Crippen molar-refractivity contribution < 1.29 is 19.5 Å². The number of carboxylic acids is 1. The molecule has 2 aromatic rings. The second-order valence-electron chi connectivity index (χ2n) is 5.05. The van der Waals surface area contributed by atoms with Crippen LogP contribution < -0.4 is 22.5 Å². The van der Waals surface area contributed by atoms with Gasteiger partial charge >= 0.3 is 12.0 Å². The number of hydrogen-bond donors (Lipinski definition) is 5. The number of benzene rings is 1. The minimum atomic E-state index is -1.06. The molecule has 1 heterocycles. The van der Waals surface area contributed by atoms with Gasteiger partial charge in [-0.05, 0) is 23.6 Å². The molecule has 0 aliphatic rings. The summed E-state index contributed by atoms with van der Waals surface area (Å²) in [5.41, 5.74) is 17.7. The zero-order valence-corrected chi connectivity index (χ0v) is 13.3. The fraction of sp³-hybridized carbons (Fsp3) is 0.133. The summed E-state index contributed by atoms with van der Waals surface area (Å²) < 4.78 is 0. The number of urea groups is 1. The van der Waals surface area contributed by atoms with E-state index in [1.165, 1.54) is 0 Å². The van der Waals surface area contributed by atoms with Crippen molar-refractivity contribution in [3.8, 4) is 10.4 Å². The molecule has 0 bridgehead atoms. The Balaban J connectivity index is 2.27. The molecule has 0 saturated heterocycles. The second-order valence-corrected chi connectivity index (χ2v) is 6.10. The Labute approximate surface area is 141 Å². The van der Waals surface area contributed by atoms with Gasteiger partial charge in [-0.2, -0.15) is 0 Å². The van der Waals surface area contributed by atoms with Crippen molar-refractivity contribution in [3.05, 3.63) is 40.8 Å². The molecule has 0 fully saturated rings. The molecule has 1 aromatic carbocycles. The zero-order valence-electron chi connectivity index (χ0n) is 12.5. The first-order chi connectivity index (χ1) is 11.3. The van der Waals surface area contributed by atoms with Gasteiger partial charge < -0.3 is 27.6 Å². The molecule has 0 unspecified atom stereocenters. The number of amides is 3. The fourth-order valence-electron chi connectivity index (χ4n) is 2.09. The monoisotopic (exact) mass is 348 g/mol. The van der Waals surface area contributed by atoms with Crippen molar-refractivity contribution >= 4 is 34.9 Å². The molecule has 8 nitrogen and oxygen atoms in total. The molecule has 0 spiro atoms. The van der Waals surface area contributed by atoms with Crippen molar-refractivity contribution in [2.45, 2.75) is 12.5 Å². The number of rotatable bonds is 6. The standard InChI is InChI=1S/C15H16N4O4S/c16-9(14(21)22)5-7-1-3-8(4-2-7)11-6-10(19-15(18)23)12(24-11)13(17)20/h1-4,6,9H,5,16H2,(H2,17,20)(H,21,22)(H3,18,19,23)/t9-/m0/s1. The number of hydrogen-bond acceptors (Lipinski definition) is 5. The van der Waals surface area contributed by atoms with Crippen LogP contribution in [0.3, 0.4) is 0 Å². The average Bonchev–Trinajstić information content (AvgIpc) is 2.91. The lowest BCUT2D eigenvalue weighted by Crippen LogP contribution is -2.32. The molecule has 24 heavy (non-hydrogen) atoms. The molecule has 0 radical (unpaired) electrons. The van der Waals surface area contributed by atoms with Crippen LogP contribution in [0, 0.1) is 0 Å². The van der Waals surface area contributed by atoms with Crippen LogP contribution in [0.1, 0.15) is 15.2 Å². The van der Waals surface area contributed by atoms with E-state index < -0.39 is 23.9 Å². The Morgan fingerprint density at radius 3 is 2.29 bits per heavy atom. The van der Waals surface area contributed by atoms with Gasteiger partial charge in [-0.1, -0.05) is 24.3 Å². The van der Waals surface area contributed by atoms with E-state index in [0.717, 1.165) is 22.5 Å². The molecular weight excluding hydrogens is 332 g/mol. The smallest absolute Gasteiger partial charge is 0.320 e. The van der Waals surface area contributed by atoms with Crippen molar-refractivity contribution in [2.24, 2.45) is 17.2 Å². The number of nitrogens with two attached hydrogens (primary N) is 3. The first kappa shape index (κ1) is 17.4. The third-order valence-electron chi connectivity index (χ3n) is 3.23. The highest BCUT2D eigenvalue weighted by Gasteiger charge is 2.16. The first-order valence-corrected chi connectivity index (χ1v) is 7.67. The van der Waals surface area contributed by atoms with Crippen LogP contribution in [0.15, 0.2) is 30.3 Å². The van der Waals surface area contributed by atoms with E-state index in [-0.39, 0.29) is 17.0 Å². The van der Waals surface area contributed by atoms with Gasteiger partial charge in [0.1, 0.15) is 10.9 Å². The van der Waals surface area contributed by atoms with E-state index in [2.05, 4.69) is 5.32 Å². The van der Waals surface area contributed by atoms with E-state index in [1.807, 2.05) is 0 Å². The summed E-state index contributed by atoms with van der Waals surface area (Å²) in [6.07, 6.45) is 0.209. The Hall–Kier alpha value is -2.91. The maximum absolute atomic E-state index is 11.5. The van der Waals surface area contributed by atoms with Crippen LogP contribution in [0.5, 0.6) is 0 Å².